The molecule has 12 heteroatoms. The molecule has 0 bridgehead atoms. The molecule has 0 radical (unpaired) electrons. The van der Waals surface area contributed by atoms with E-state index in [1.807, 2.05) is 30.0 Å². The number of carbonyl (C=O) groups excluding carboxylic acids is 3. The number of nitrogens with one attached hydrogen (secondary N) is 1. The van der Waals surface area contributed by atoms with Crippen molar-refractivity contribution in [3.05, 3.63) is 70.3 Å². The maximum Gasteiger partial charge on any atom is 0.247 e. The lowest BCUT2D eigenvalue weighted by Gasteiger charge is -2.39. The van der Waals surface area contributed by atoms with Crippen molar-refractivity contribution in [2.24, 2.45) is 0 Å². The molecule has 5 atom stereocenters. The zero-order valence-corrected chi connectivity index (χ0v) is 31.8. The van der Waals surface area contributed by atoms with E-state index in [1.54, 1.807) is 32.1 Å². The van der Waals surface area contributed by atoms with Gasteiger partial charge in [0.25, 0.3) is 0 Å². The van der Waals surface area contributed by atoms with Crippen molar-refractivity contribution in [3.8, 4) is 17.5 Å². The van der Waals surface area contributed by atoms with Gasteiger partial charge in [0, 0.05) is 45.9 Å². The fraction of sp³-hybridized carbons (Fsp3) is 0.550. The van der Waals surface area contributed by atoms with Crippen LogP contribution in [0.1, 0.15) is 67.0 Å². The van der Waals surface area contributed by atoms with Gasteiger partial charge in [0.15, 0.2) is 0 Å². The zero-order valence-electron chi connectivity index (χ0n) is 31.0. The third kappa shape index (κ3) is 10.9. The lowest BCUT2D eigenvalue weighted by molar-refractivity contribution is -0.209. The average molecular weight is 735 g/mol. The number of hydrogen-bond donors (Lipinski definition) is 4. The number of piperazine rings is 1. The van der Waals surface area contributed by atoms with Crippen LogP contribution in [0.25, 0.3) is 0 Å². The Hall–Kier alpha value is -3.79. The van der Waals surface area contributed by atoms with E-state index >= 15 is 0 Å². The first kappa shape index (κ1) is 41.0. The molecule has 2 aliphatic rings. The molecular formula is C40H54N4O7S. The number of ether oxygens (including phenoxy) is 1. The highest BCUT2D eigenvalue weighted by Crippen LogP contribution is 2.34. The largest absolute Gasteiger partial charge is 0.387 e. The topological polar surface area (TPSA) is 143 Å². The molecule has 3 amide bonds. The van der Waals surface area contributed by atoms with Crippen LogP contribution >= 0.6 is 11.2 Å². The molecule has 1 unspecified atom stereocenters. The molecule has 282 valence electrons. The number of unbranched alkanes of at least 4 members (excludes halogenated alkanes) is 1. The van der Waals surface area contributed by atoms with Crippen molar-refractivity contribution in [2.45, 2.75) is 88.9 Å². The fourth-order valence-corrected chi connectivity index (χ4v) is 7.02. The highest BCUT2D eigenvalue weighted by atomic mass is 32.1. The molecule has 2 aliphatic heterocycles. The number of carbonyl (C=O) groups is 3. The van der Waals surface area contributed by atoms with Gasteiger partial charge >= 0.3 is 0 Å². The molecule has 4 rings (SSSR count). The number of aliphatic hydroxyl groups is 3. The number of rotatable bonds is 13. The predicted molar refractivity (Wildman–Crippen MR) is 203 cm³/mol. The van der Waals surface area contributed by atoms with Crippen molar-refractivity contribution in [3.63, 3.8) is 0 Å². The summed E-state index contributed by atoms with van der Waals surface area (Å²) in [5.41, 5.74) is 4.16. The van der Waals surface area contributed by atoms with Gasteiger partial charge in [0.1, 0.15) is 36.1 Å². The average Bonchev–Trinajstić information content (AvgIpc) is 3.12. The summed E-state index contributed by atoms with van der Waals surface area (Å²) in [4.78, 5) is 43.7. The molecular weight excluding hydrogens is 681 g/mol. The van der Waals surface area contributed by atoms with E-state index in [0.717, 1.165) is 35.1 Å². The number of aliphatic hydroxyl groups excluding tert-OH is 3. The van der Waals surface area contributed by atoms with E-state index in [4.69, 9.17) is 11.2 Å². The summed E-state index contributed by atoms with van der Waals surface area (Å²) in [6.45, 7) is 8.17. The number of terminal acetylenes is 1. The van der Waals surface area contributed by atoms with Gasteiger partial charge < -0.3 is 35.2 Å². The van der Waals surface area contributed by atoms with Crippen LogP contribution in [0.5, 0.6) is 0 Å². The van der Waals surface area contributed by atoms with Crippen LogP contribution in [0.3, 0.4) is 0 Å². The number of aryl methyl sites for hydroxylation is 2. The van der Waals surface area contributed by atoms with Crippen molar-refractivity contribution in [2.75, 3.05) is 52.6 Å². The molecule has 0 saturated carbocycles. The quantitative estimate of drug-likeness (QED) is 0.182. The Labute approximate surface area is 311 Å². The molecule has 2 aromatic carbocycles. The van der Waals surface area contributed by atoms with Crippen molar-refractivity contribution in [1.82, 2.24) is 20.0 Å². The third-order valence-corrected chi connectivity index (χ3v) is 10.3. The maximum atomic E-state index is 13.3. The van der Waals surface area contributed by atoms with Gasteiger partial charge in [-0.25, -0.2) is 0 Å². The second-order valence-electron chi connectivity index (χ2n) is 14.4. The minimum Gasteiger partial charge on any atom is -0.387 e. The van der Waals surface area contributed by atoms with Crippen LogP contribution in [-0.2, 0) is 32.0 Å². The van der Waals surface area contributed by atoms with E-state index in [0.29, 0.717) is 45.4 Å². The fourth-order valence-electron chi connectivity index (χ4n) is 6.59. The molecule has 2 aromatic rings. The first-order chi connectivity index (χ1) is 24.7. The Morgan fingerprint density at radius 1 is 1.00 bits per heavy atom. The molecule has 11 nitrogen and oxygen atoms in total. The van der Waals surface area contributed by atoms with Crippen LogP contribution in [0.15, 0.2) is 42.5 Å². The number of benzene rings is 2. The Bertz CT molecular complexity index is 1660. The Morgan fingerprint density at radius 3 is 2.33 bits per heavy atom. The summed E-state index contributed by atoms with van der Waals surface area (Å²) in [7, 11) is 1.68. The summed E-state index contributed by atoms with van der Waals surface area (Å²) in [6.07, 6.45) is 4.97. The van der Waals surface area contributed by atoms with Crippen LogP contribution in [0, 0.1) is 24.5 Å². The molecule has 52 heavy (non-hydrogen) atoms. The van der Waals surface area contributed by atoms with E-state index < -0.39 is 36.1 Å². The first-order valence-electron chi connectivity index (χ1n) is 17.9. The van der Waals surface area contributed by atoms with Crippen molar-refractivity contribution in [1.29, 1.82) is 0 Å². The van der Waals surface area contributed by atoms with Gasteiger partial charge in [-0.3, -0.25) is 19.3 Å². The van der Waals surface area contributed by atoms with Crippen LogP contribution in [0.2, 0.25) is 0 Å². The summed E-state index contributed by atoms with van der Waals surface area (Å²) in [5.74, 6) is 2.14. The standard InChI is InChI=1S/C40H54N4O7S/c1-7-18-42(5)34(46)25-43-19-21-44(22-20-43)39(50)40(3,4)41-33(45)11-9-8-10-28-13-15-29(16-14-28)23-31-24-30(17-12-27(31)2)38-37(49)36(48)35(47)32(51-38)26-52-6/h1,12-17,24,32,35-38,47-49H,8-11,18-23,25H2,2-6H3,(H,41,45)/t32?,35-,36+,37-,38+/m1/s1. The first-order valence-corrected chi connectivity index (χ1v) is 19.1. The van der Waals surface area contributed by atoms with Gasteiger partial charge in [-0.05, 0) is 74.3 Å². The van der Waals surface area contributed by atoms with Crippen molar-refractivity contribution < 1.29 is 34.4 Å². The summed E-state index contributed by atoms with van der Waals surface area (Å²) >= 11 is 1.27. The Morgan fingerprint density at radius 2 is 1.67 bits per heavy atom. The highest BCUT2D eigenvalue weighted by Gasteiger charge is 2.44. The predicted octanol–water partition coefficient (Wildman–Crippen LogP) is 2.27. The monoisotopic (exact) mass is 734 g/mol. The van der Waals surface area contributed by atoms with Crippen LogP contribution in [-0.4, -0.2) is 130 Å². The van der Waals surface area contributed by atoms with Gasteiger partial charge in [-0.1, -0.05) is 53.6 Å². The van der Waals surface area contributed by atoms with Gasteiger partial charge in [0.2, 0.25) is 17.7 Å². The second-order valence-corrected chi connectivity index (χ2v) is 15.0. The SMILES string of the molecule is C#CCN(C)C(=O)CN1CCN(C(=O)C(C)(C)NC(=O)CCCCc2ccc(Cc3cc([C@@H]4OC(C#SC)[C@@H](O)[C@H](O)[C@H]4O)ccc3C)cc2)CC1. The van der Waals surface area contributed by atoms with Crippen LogP contribution in [0.4, 0.5) is 0 Å². The number of nitrogens with zero attached hydrogens (tertiary/aromatic N) is 3. The highest BCUT2D eigenvalue weighted by molar-refractivity contribution is 7.87. The van der Waals surface area contributed by atoms with Gasteiger partial charge in [-0.15, -0.1) is 17.6 Å². The molecule has 0 aromatic heterocycles. The number of hydrogen-bond acceptors (Lipinski definition) is 8. The molecule has 2 saturated heterocycles. The number of likely N-dealkylation sites (N-methyl/N-ethyl adjacent to an activating group) is 1. The van der Waals surface area contributed by atoms with Gasteiger partial charge in [0.05, 0.1) is 13.1 Å². The molecule has 0 spiro atoms. The van der Waals surface area contributed by atoms with E-state index in [1.165, 1.54) is 21.6 Å². The molecule has 2 fully saturated rings. The van der Waals surface area contributed by atoms with Crippen molar-refractivity contribution >= 4 is 28.9 Å². The van der Waals surface area contributed by atoms with E-state index in [-0.39, 0.29) is 30.8 Å². The summed E-state index contributed by atoms with van der Waals surface area (Å²) < 4.78 is 5.96. The number of amides is 3. The van der Waals surface area contributed by atoms with E-state index in [9.17, 15) is 29.7 Å². The summed E-state index contributed by atoms with van der Waals surface area (Å²) in [5, 5.41) is 37.3. The maximum absolute atomic E-state index is 13.3. The van der Waals surface area contributed by atoms with E-state index in [2.05, 4.69) is 40.7 Å². The minimum absolute atomic E-state index is 0.0482. The summed E-state index contributed by atoms with van der Waals surface area (Å²) in [6, 6.07) is 14.3. The van der Waals surface area contributed by atoms with Gasteiger partial charge in [-0.2, -0.15) is 0 Å². The third-order valence-electron chi connectivity index (χ3n) is 9.85. The zero-order chi connectivity index (χ0) is 38.0. The lowest BCUT2D eigenvalue weighted by atomic mass is 9.89. The Kier molecular flexibility index (Phi) is 14.8. The molecule has 0 aliphatic carbocycles. The smallest absolute Gasteiger partial charge is 0.247 e. The van der Waals surface area contributed by atoms with Crippen LogP contribution < -0.4 is 5.32 Å². The second kappa shape index (κ2) is 18.8. The molecule has 4 N–H and O–H groups in total. The normalized spacial score (nSPS) is 22.2. The minimum atomic E-state index is -1.35. The molecule has 2 heterocycles. The Balaban J connectivity index is 1.21. The lowest BCUT2D eigenvalue weighted by Crippen LogP contribution is -2.60.